The lowest BCUT2D eigenvalue weighted by Crippen LogP contribution is -2.19. The van der Waals surface area contributed by atoms with E-state index >= 15 is 0 Å². The van der Waals surface area contributed by atoms with E-state index in [1.807, 2.05) is 12.1 Å². The van der Waals surface area contributed by atoms with E-state index in [2.05, 4.69) is 26.0 Å². The molecule has 0 aromatic heterocycles. The predicted octanol–water partition coefficient (Wildman–Crippen LogP) is 2.10. The molecule has 4 nitrogen and oxygen atoms in total. The van der Waals surface area contributed by atoms with Crippen LogP contribution in [0.15, 0.2) is 34.8 Å². The number of carbonyl (C=O) groups excluding carboxylic acids is 2. The van der Waals surface area contributed by atoms with Gasteiger partial charge in [0.15, 0.2) is 0 Å². The average molecular weight is 298 g/mol. The summed E-state index contributed by atoms with van der Waals surface area (Å²) in [5.41, 5.74) is 1.14. The van der Waals surface area contributed by atoms with Gasteiger partial charge in [-0.3, -0.25) is 4.79 Å². The lowest BCUT2D eigenvalue weighted by atomic mass is 10.1. The maximum absolute atomic E-state index is 11.2. The molecule has 1 rings (SSSR count). The highest BCUT2D eigenvalue weighted by Crippen LogP contribution is 2.16. The van der Waals surface area contributed by atoms with Gasteiger partial charge < -0.3 is 10.1 Å². The molecule has 0 heterocycles. The van der Waals surface area contributed by atoms with Crippen molar-refractivity contribution in [3.8, 4) is 0 Å². The second-order valence-corrected chi connectivity index (χ2v) is 4.18. The van der Waals surface area contributed by atoms with E-state index in [0.29, 0.717) is 5.70 Å². The first kappa shape index (κ1) is 13.4. The van der Waals surface area contributed by atoms with E-state index in [0.717, 1.165) is 10.0 Å². The van der Waals surface area contributed by atoms with Crippen LogP contribution in [0.2, 0.25) is 0 Å². The monoisotopic (exact) mass is 297 g/mol. The number of halogens is 1. The minimum absolute atomic E-state index is 0.247. The maximum Gasteiger partial charge on any atom is 0.332 e. The van der Waals surface area contributed by atoms with Gasteiger partial charge in [0, 0.05) is 17.5 Å². The maximum atomic E-state index is 11.2. The van der Waals surface area contributed by atoms with Gasteiger partial charge in [-0.15, -0.1) is 0 Å². The largest absolute Gasteiger partial charge is 0.466 e. The molecule has 1 amide bonds. The van der Waals surface area contributed by atoms with Crippen LogP contribution in [0, 0.1) is 0 Å². The molecule has 1 aromatic rings. The van der Waals surface area contributed by atoms with Crippen LogP contribution in [-0.2, 0) is 14.3 Å². The molecule has 0 spiro atoms. The molecule has 0 aliphatic carbocycles. The number of hydrogen-bond acceptors (Lipinski definition) is 3. The lowest BCUT2D eigenvalue weighted by molar-refractivity contribution is -0.134. The zero-order chi connectivity index (χ0) is 12.8. The Kier molecular flexibility index (Phi) is 4.90. The van der Waals surface area contributed by atoms with E-state index in [-0.39, 0.29) is 5.91 Å². The summed E-state index contributed by atoms with van der Waals surface area (Å²) < 4.78 is 5.45. The van der Waals surface area contributed by atoms with Crippen LogP contribution < -0.4 is 5.32 Å². The minimum Gasteiger partial charge on any atom is -0.466 e. The Morgan fingerprint density at radius 1 is 1.29 bits per heavy atom. The molecule has 90 valence electrons. The second-order valence-electron chi connectivity index (χ2n) is 3.27. The Morgan fingerprint density at radius 3 is 2.35 bits per heavy atom. The van der Waals surface area contributed by atoms with E-state index in [1.54, 1.807) is 12.1 Å². The number of esters is 1. The van der Waals surface area contributed by atoms with Crippen molar-refractivity contribution in [2.24, 2.45) is 0 Å². The van der Waals surface area contributed by atoms with Gasteiger partial charge in [0.1, 0.15) is 0 Å². The van der Waals surface area contributed by atoms with Crippen molar-refractivity contribution in [2.45, 2.75) is 6.92 Å². The summed E-state index contributed by atoms with van der Waals surface area (Å²) in [6.45, 7) is 1.38. The number of ether oxygens (including phenoxy) is 1. The molecule has 0 atom stereocenters. The fourth-order valence-corrected chi connectivity index (χ4v) is 1.45. The molecule has 0 unspecified atom stereocenters. The highest BCUT2D eigenvalue weighted by atomic mass is 79.9. The first-order valence-corrected chi connectivity index (χ1v) is 5.65. The molecule has 1 aromatic carbocycles. The van der Waals surface area contributed by atoms with Crippen molar-refractivity contribution in [1.82, 2.24) is 5.32 Å². The zero-order valence-corrected chi connectivity index (χ0v) is 11.1. The molecule has 0 aliphatic rings. The third-order valence-electron chi connectivity index (χ3n) is 1.93. The fourth-order valence-electron chi connectivity index (χ4n) is 1.19. The van der Waals surface area contributed by atoms with Gasteiger partial charge in [-0.2, -0.15) is 0 Å². The molecular formula is C12H12BrNO3. The fraction of sp³-hybridized carbons (Fsp3) is 0.167. The Bertz CT molecular complexity index is 451. The van der Waals surface area contributed by atoms with Crippen LogP contribution in [0.4, 0.5) is 0 Å². The summed E-state index contributed by atoms with van der Waals surface area (Å²) in [7, 11) is 1.28. The number of carbonyl (C=O) groups is 2. The van der Waals surface area contributed by atoms with Crippen LogP contribution in [0.1, 0.15) is 12.5 Å². The smallest absolute Gasteiger partial charge is 0.332 e. The van der Waals surface area contributed by atoms with Crippen LogP contribution in [0.25, 0.3) is 5.70 Å². The predicted molar refractivity (Wildman–Crippen MR) is 68.0 cm³/mol. The van der Waals surface area contributed by atoms with E-state index in [1.165, 1.54) is 20.1 Å². The molecule has 0 fully saturated rings. The SMILES string of the molecule is COC(=O)/C=C(\NC(C)=O)c1ccc(Br)cc1. The normalized spacial score (nSPS) is 10.9. The third kappa shape index (κ3) is 4.40. The zero-order valence-electron chi connectivity index (χ0n) is 9.49. The van der Waals surface area contributed by atoms with Gasteiger partial charge in [-0.1, -0.05) is 28.1 Å². The van der Waals surface area contributed by atoms with Crippen molar-refractivity contribution < 1.29 is 14.3 Å². The van der Waals surface area contributed by atoms with Gasteiger partial charge in [0.2, 0.25) is 5.91 Å². The number of rotatable bonds is 3. The third-order valence-corrected chi connectivity index (χ3v) is 2.46. The topological polar surface area (TPSA) is 55.4 Å². The number of hydrogen-bond donors (Lipinski definition) is 1. The second kappa shape index (κ2) is 6.20. The van der Waals surface area contributed by atoms with Crippen LogP contribution in [-0.4, -0.2) is 19.0 Å². The molecule has 0 aliphatic heterocycles. The summed E-state index contributed by atoms with van der Waals surface area (Å²) in [4.78, 5) is 22.2. The summed E-state index contributed by atoms with van der Waals surface area (Å²) in [5, 5.41) is 2.59. The van der Waals surface area contributed by atoms with E-state index in [9.17, 15) is 9.59 Å². The Hall–Kier alpha value is -1.62. The average Bonchev–Trinajstić information content (AvgIpc) is 2.28. The van der Waals surface area contributed by atoms with Crippen LogP contribution in [0.3, 0.4) is 0 Å². The first-order chi connectivity index (χ1) is 8.02. The molecule has 0 bridgehead atoms. The van der Waals surface area contributed by atoms with Gasteiger partial charge in [0.25, 0.3) is 0 Å². The quantitative estimate of drug-likeness (QED) is 0.687. The molecule has 1 N–H and O–H groups in total. The van der Waals surface area contributed by atoms with Gasteiger partial charge in [-0.25, -0.2) is 4.79 Å². The standard InChI is InChI=1S/C12H12BrNO3/c1-8(15)14-11(7-12(16)17-2)9-3-5-10(13)6-4-9/h3-7H,1-2H3,(H,14,15)/b11-7-. The molecule has 17 heavy (non-hydrogen) atoms. The van der Waals surface area contributed by atoms with Crippen molar-refractivity contribution >= 4 is 33.5 Å². The van der Waals surface area contributed by atoms with Crippen molar-refractivity contribution in [3.63, 3.8) is 0 Å². The van der Waals surface area contributed by atoms with Crippen LogP contribution >= 0.6 is 15.9 Å². The highest BCUT2D eigenvalue weighted by Gasteiger charge is 2.06. The molecule has 0 radical (unpaired) electrons. The molecule has 0 saturated carbocycles. The van der Waals surface area contributed by atoms with E-state index < -0.39 is 5.97 Å². The summed E-state index contributed by atoms with van der Waals surface area (Å²) in [6.07, 6.45) is 1.24. The number of amides is 1. The van der Waals surface area contributed by atoms with Crippen molar-refractivity contribution in [2.75, 3.05) is 7.11 Å². The number of nitrogens with one attached hydrogen (secondary N) is 1. The van der Waals surface area contributed by atoms with Gasteiger partial charge >= 0.3 is 5.97 Å². The Balaban J connectivity index is 3.05. The Morgan fingerprint density at radius 2 is 1.88 bits per heavy atom. The van der Waals surface area contributed by atoms with Crippen molar-refractivity contribution in [1.29, 1.82) is 0 Å². The molecule has 0 saturated heterocycles. The summed E-state index contributed by atoms with van der Waals surface area (Å²) >= 11 is 3.31. The van der Waals surface area contributed by atoms with Gasteiger partial charge in [-0.05, 0) is 17.7 Å². The Labute approximate surface area is 108 Å². The summed E-state index contributed by atoms with van der Waals surface area (Å²) in [6, 6.07) is 7.22. The number of methoxy groups -OCH3 is 1. The highest BCUT2D eigenvalue weighted by molar-refractivity contribution is 9.10. The first-order valence-electron chi connectivity index (χ1n) is 4.86. The molecule has 5 heteroatoms. The summed E-state index contributed by atoms with van der Waals surface area (Å²) in [5.74, 6) is -0.764. The molecular weight excluding hydrogens is 286 g/mol. The minimum atomic E-state index is -0.517. The van der Waals surface area contributed by atoms with E-state index in [4.69, 9.17) is 0 Å². The van der Waals surface area contributed by atoms with Gasteiger partial charge in [0.05, 0.1) is 12.8 Å². The number of benzene rings is 1. The lowest BCUT2D eigenvalue weighted by Gasteiger charge is -2.08. The van der Waals surface area contributed by atoms with Crippen LogP contribution in [0.5, 0.6) is 0 Å². The van der Waals surface area contributed by atoms with Crippen molar-refractivity contribution in [3.05, 3.63) is 40.4 Å².